The maximum absolute atomic E-state index is 9.50. The molecule has 0 aromatic heterocycles. The summed E-state index contributed by atoms with van der Waals surface area (Å²) in [5, 5.41) is 9.50. The lowest BCUT2D eigenvalue weighted by Crippen LogP contribution is -2.50. The Labute approximate surface area is 94.3 Å². The lowest BCUT2D eigenvalue weighted by Gasteiger charge is -2.43. The molecule has 0 aromatic rings. The zero-order valence-corrected chi connectivity index (χ0v) is 10.4. The summed E-state index contributed by atoms with van der Waals surface area (Å²) >= 11 is 0. The maximum atomic E-state index is 9.50. The van der Waals surface area contributed by atoms with E-state index >= 15 is 0 Å². The topological polar surface area (TPSA) is 27.0 Å². The lowest BCUT2D eigenvalue weighted by atomic mass is 9.74. The number of hydrogen-bond donors (Lipinski definition) is 0. The summed E-state index contributed by atoms with van der Waals surface area (Å²) in [5.74, 6) is 0.763. The molecule has 0 amide bonds. The quantitative estimate of drug-likeness (QED) is 0.709. The predicted molar refractivity (Wildman–Crippen MR) is 63.5 cm³/mol. The second-order valence-electron chi connectivity index (χ2n) is 4.69. The highest BCUT2D eigenvalue weighted by atomic mass is 15.2. The van der Waals surface area contributed by atoms with Crippen molar-refractivity contribution >= 4 is 0 Å². The van der Waals surface area contributed by atoms with Crippen LogP contribution in [0.5, 0.6) is 0 Å². The first-order valence-corrected chi connectivity index (χ1v) is 6.38. The molecule has 0 radical (unpaired) electrons. The average Bonchev–Trinajstić information content (AvgIpc) is 2.30. The zero-order chi connectivity index (χ0) is 11.3. The Hall–Kier alpha value is -0.550. The van der Waals surface area contributed by atoms with Gasteiger partial charge in [-0.25, -0.2) is 0 Å². The van der Waals surface area contributed by atoms with Gasteiger partial charge in [0.1, 0.15) is 5.54 Å². The fraction of sp³-hybridized carbons (Fsp3) is 0.923. The van der Waals surface area contributed by atoms with Crippen LogP contribution in [-0.4, -0.2) is 23.5 Å². The summed E-state index contributed by atoms with van der Waals surface area (Å²) in [7, 11) is 0. The zero-order valence-electron chi connectivity index (χ0n) is 10.4. The van der Waals surface area contributed by atoms with E-state index in [-0.39, 0.29) is 5.54 Å². The van der Waals surface area contributed by atoms with E-state index in [4.69, 9.17) is 0 Å². The summed E-state index contributed by atoms with van der Waals surface area (Å²) in [6, 6.07) is 2.61. The van der Waals surface area contributed by atoms with E-state index < -0.39 is 0 Å². The molecule has 2 atom stereocenters. The normalized spacial score (nSPS) is 31.5. The molecule has 15 heavy (non-hydrogen) atoms. The second-order valence-corrected chi connectivity index (χ2v) is 4.69. The predicted octanol–water partition coefficient (Wildman–Crippen LogP) is 3.19. The van der Waals surface area contributed by atoms with Crippen LogP contribution in [0.15, 0.2) is 0 Å². The standard InChI is InChI=1S/C13H24N2/c1-4-12-8-7-9-13(10-12,11-14)15(5-2)6-3/h12H,4-10H2,1-3H3. The molecule has 1 aliphatic carbocycles. The Morgan fingerprint density at radius 2 is 2.00 bits per heavy atom. The molecule has 2 unspecified atom stereocenters. The van der Waals surface area contributed by atoms with E-state index in [1.54, 1.807) is 0 Å². The first-order valence-electron chi connectivity index (χ1n) is 6.38. The van der Waals surface area contributed by atoms with Crippen LogP contribution in [0.25, 0.3) is 0 Å². The monoisotopic (exact) mass is 208 g/mol. The largest absolute Gasteiger partial charge is 0.286 e. The van der Waals surface area contributed by atoms with Crippen molar-refractivity contribution in [3.8, 4) is 6.07 Å². The molecule has 0 spiro atoms. The third kappa shape index (κ3) is 2.52. The molecule has 1 aliphatic rings. The fourth-order valence-corrected chi connectivity index (χ4v) is 3.00. The number of rotatable bonds is 4. The minimum Gasteiger partial charge on any atom is -0.286 e. The lowest BCUT2D eigenvalue weighted by molar-refractivity contribution is 0.0826. The Kier molecular flexibility index (Phi) is 4.60. The van der Waals surface area contributed by atoms with Crippen molar-refractivity contribution in [2.75, 3.05) is 13.1 Å². The Balaban J connectivity index is 2.79. The number of nitrogens with zero attached hydrogens (tertiary/aromatic N) is 2. The van der Waals surface area contributed by atoms with Gasteiger partial charge in [0.05, 0.1) is 6.07 Å². The van der Waals surface area contributed by atoms with Gasteiger partial charge in [-0.1, -0.05) is 40.0 Å². The van der Waals surface area contributed by atoms with E-state index in [2.05, 4.69) is 31.7 Å². The fourth-order valence-electron chi connectivity index (χ4n) is 3.00. The molecule has 0 aromatic carbocycles. The van der Waals surface area contributed by atoms with E-state index in [1.165, 1.54) is 19.3 Å². The van der Waals surface area contributed by atoms with Gasteiger partial charge in [0.25, 0.3) is 0 Å². The van der Waals surface area contributed by atoms with Crippen LogP contribution < -0.4 is 0 Å². The third-order valence-electron chi connectivity index (χ3n) is 3.98. The van der Waals surface area contributed by atoms with Crippen molar-refractivity contribution < 1.29 is 0 Å². The van der Waals surface area contributed by atoms with Crippen LogP contribution in [-0.2, 0) is 0 Å². The smallest absolute Gasteiger partial charge is 0.109 e. The molecule has 2 heteroatoms. The Morgan fingerprint density at radius 3 is 2.47 bits per heavy atom. The highest BCUT2D eigenvalue weighted by Gasteiger charge is 2.39. The molecular weight excluding hydrogens is 184 g/mol. The molecule has 2 nitrogen and oxygen atoms in total. The second kappa shape index (κ2) is 5.51. The van der Waals surface area contributed by atoms with Gasteiger partial charge in [-0.15, -0.1) is 0 Å². The Morgan fingerprint density at radius 1 is 1.33 bits per heavy atom. The van der Waals surface area contributed by atoms with Crippen molar-refractivity contribution in [2.24, 2.45) is 5.92 Å². The van der Waals surface area contributed by atoms with Crippen molar-refractivity contribution in [3.05, 3.63) is 0 Å². The van der Waals surface area contributed by atoms with Crippen molar-refractivity contribution in [2.45, 2.75) is 58.4 Å². The highest BCUT2D eigenvalue weighted by molar-refractivity contribution is 5.10. The minimum atomic E-state index is -0.150. The molecule has 1 rings (SSSR count). The molecule has 0 saturated heterocycles. The molecular formula is C13H24N2. The first-order chi connectivity index (χ1) is 7.22. The van der Waals surface area contributed by atoms with Crippen LogP contribution in [0.1, 0.15) is 52.9 Å². The van der Waals surface area contributed by atoms with Crippen LogP contribution in [0.4, 0.5) is 0 Å². The van der Waals surface area contributed by atoms with Crippen molar-refractivity contribution in [3.63, 3.8) is 0 Å². The molecule has 0 aliphatic heterocycles. The molecule has 1 fully saturated rings. The maximum Gasteiger partial charge on any atom is 0.109 e. The van der Waals surface area contributed by atoms with Gasteiger partial charge in [0.2, 0.25) is 0 Å². The van der Waals surface area contributed by atoms with Gasteiger partial charge in [-0.2, -0.15) is 5.26 Å². The molecule has 1 saturated carbocycles. The van der Waals surface area contributed by atoms with Gasteiger partial charge >= 0.3 is 0 Å². The van der Waals surface area contributed by atoms with Crippen molar-refractivity contribution in [1.82, 2.24) is 4.90 Å². The highest BCUT2D eigenvalue weighted by Crippen LogP contribution is 2.37. The summed E-state index contributed by atoms with van der Waals surface area (Å²) in [5.41, 5.74) is -0.150. The summed E-state index contributed by atoms with van der Waals surface area (Å²) in [6.07, 6.45) is 5.93. The van der Waals surface area contributed by atoms with E-state index in [0.29, 0.717) is 0 Å². The summed E-state index contributed by atoms with van der Waals surface area (Å²) in [6.45, 7) is 8.58. The summed E-state index contributed by atoms with van der Waals surface area (Å²) < 4.78 is 0. The first kappa shape index (κ1) is 12.5. The van der Waals surface area contributed by atoms with Gasteiger partial charge < -0.3 is 0 Å². The van der Waals surface area contributed by atoms with E-state index in [0.717, 1.165) is 31.8 Å². The van der Waals surface area contributed by atoms with Crippen LogP contribution in [0.2, 0.25) is 0 Å². The molecule has 0 heterocycles. The minimum absolute atomic E-state index is 0.150. The summed E-state index contributed by atoms with van der Waals surface area (Å²) in [4.78, 5) is 2.36. The Bertz CT molecular complexity index is 227. The number of hydrogen-bond acceptors (Lipinski definition) is 2. The molecule has 0 bridgehead atoms. The van der Waals surface area contributed by atoms with Gasteiger partial charge in [0.15, 0.2) is 0 Å². The third-order valence-corrected chi connectivity index (χ3v) is 3.98. The van der Waals surface area contributed by atoms with Crippen molar-refractivity contribution in [1.29, 1.82) is 5.26 Å². The molecule has 86 valence electrons. The average molecular weight is 208 g/mol. The SMILES string of the molecule is CCC1CCCC(C#N)(N(CC)CC)C1. The van der Waals surface area contributed by atoms with E-state index in [1.807, 2.05) is 0 Å². The van der Waals surface area contributed by atoms with Crippen LogP contribution >= 0.6 is 0 Å². The van der Waals surface area contributed by atoms with Crippen LogP contribution in [0.3, 0.4) is 0 Å². The van der Waals surface area contributed by atoms with Gasteiger partial charge in [0, 0.05) is 0 Å². The van der Waals surface area contributed by atoms with Gasteiger partial charge in [-0.3, -0.25) is 4.90 Å². The molecule has 0 N–H and O–H groups in total. The number of nitriles is 1. The van der Waals surface area contributed by atoms with E-state index in [9.17, 15) is 5.26 Å². The van der Waals surface area contributed by atoms with Gasteiger partial charge in [-0.05, 0) is 31.8 Å². The van der Waals surface area contributed by atoms with Crippen LogP contribution in [0, 0.1) is 17.2 Å².